The number of benzene rings is 1. The molecule has 0 aliphatic carbocycles. The second kappa shape index (κ2) is 5.06. The zero-order valence-corrected chi connectivity index (χ0v) is 11.2. The molecule has 92 valence electrons. The molecular weight excluding hydrogens is 284 g/mol. The standard InChI is InChI=1S/C12H15BrN2O2/c1-8-12(17)14-4-5-15(8)11-6-10(13)3-2-9(11)7-16/h2-3,6,8,16H,4-5,7H2,1H3,(H,14,17). The zero-order valence-electron chi connectivity index (χ0n) is 9.61. The first-order chi connectivity index (χ1) is 8.13. The lowest BCUT2D eigenvalue weighted by molar-refractivity contribution is -0.122. The molecule has 1 atom stereocenters. The van der Waals surface area contributed by atoms with E-state index >= 15 is 0 Å². The Balaban J connectivity index is 2.37. The van der Waals surface area contributed by atoms with Crippen LogP contribution in [0.5, 0.6) is 0 Å². The van der Waals surface area contributed by atoms with Crippen LogP contribution < -0.4 is 10.2 Å². The highest BCUT2D eigenvalue weighted by molar-refractivity contribution is 9.10. The van der Waals surface area contributed by atoms with E-state index < -0.39 is 0 Å². The number of carbonyl (C=O) groups excluding carboxylic acids is 1. The van der Waals surface area contributed by atoms with E-state index in [0.29, 0.717) is 6.54 Å². The Hall–Kier alpha value is -1.07. The minimum atomic E-state index is -0.205. The minimum Gasteiger partial charge on any atom is -0.392 e. The topological polar surface area (TPSA) is 52.6 Å². The van der Waals surface area contributed by atoms with Gasteiger partial charge in [0.1, 0.15) is 6.04 Å². The van der Waals surface area contributed by atoms with Crippen molar-refractivity contribution in [2.75, 3.05) is 18.0 Å². The normalized spacial score (nSPS) is 20.3. The van der Waals surface area contributed by atoms with Crippen molar-refractivity contribution in [2.45, 2.75) is 19.6 Å². The molecular formula is C12H15BrN2O2. The molecule has 0 spiro atoms. The molecule has 2 N–H and O–H groups in total. The molecule has 5 heteroatoms. The summed E-state index contributed by atoms with van der Waals surface area (Å²) in [5.41, 5.74) is 1.76. The van der Waals surface area contributed by atoms with Crippen molar-refractivity contribution in [1.82, 2.24) is 5.32 Å². The number of hydrogen-bond acceptors (Lipinski definition) is 3. The Morgan fingerprint density at radius 1 is 1.59 bits per heavy atom. The van der Waals surface area contributed by atoms with E-state index in [4.69, 9.17) is 0 Å². The third-order valence-electron chi connectivity index (χ3n) is 3.03. The van der Waals surface area contributed by atoms with Crippen molar-refractivity contribution >= 4 is 27.5 Å². The summed E-state index contributed by atoms with van der Waals surface area (Å²) in [6.07, 6.45) is 0. The Morgan fingerprint density at radius 2 is 2.35 bits per heavy atom. The molecule has 1 heterocycles. The first-order valence-electron chi connectivity index (χ1n) is 5.57. The summed E-state index contributed by atoms with van der Waals surface area (Å²) in [5, 5.41) is 12.2. The van der Waals surface area contributed by atoms with E-state index in [-0.39, 0.29) is 18.6 Å². The summed E-state index contributed by atoms with van der Waals surface area (Å²) in [6.45, 7) is 3.25. The van der Waals surface area contributed by atoms with Gasteiger partial charge in [0.15, 0.2) is 0 Å². The summed E-state index contributed by atoms with van der Waals surface area (Å²) < 4.78 is 0.947. The molecule has 1 aliphatic heterocycles. The average Bonchev–Trinajstić information content (AvgIpc) is 2.33. The SMILES string of the molecule is CC1C(=O)NCCN1c1cc(Br)ccc1CO. The van der Waals surface area contributed by atoms with Gasteiger partial charge in [0.25, 0.3) is 0 Å². The molecule has 1 saturated heterocycles. The number of nitrogens with one attached hydrogen (secondary N) is 1. The van der Waals surface area contributed by atoms with Gasteiger partial charge in [-0.05, 0) is 19.1 Å². The van der Waals surface area contributed by atoms with Crippen LogP contribution >= 0.6 is 15.9 Å². The highest BCUT2D eigenvalue weighted by atomic mass is 79.9. The highest BCUT2D eigenvalue weighted by Crippen LogP contribution is 2.27. The van der Waals surface area contributed by atoms with Gasteiger partial charge in [0, 0.05) is 28.8 Å². The Bertz CT molecular complexity index is 437. The Kier molecular flexibility index (Phi) is 3.69. The quantitative estimate of drug-likeness (QED) is 0.864. The number of rotatable bonds is 2. The third-order valence-corrected chi connectivity index (χ3v) is 3.52. The number of halogens is 1. The van der Waals surface area contributed by atoms with Gasteiger partial charge in [0.2, 0.25) is 5.91 Å². The second-order valence-corrected chi connectivity index (χ2v) is 5.01. The van der Waals surface area contributed by atoms with Crippen LogP contribution in [0.2, 0.25) is 0 Å². The van der Waals surface area contributed by atoms with Crippen LogP contribution in [-0.2, 0) is 11.4 Å². The van der Waals surface area contributed by atoms with Gasteiger partial charge in [-0.1, -0.05) is 22.0 Å². The van der Waals surface area contributed by atoms with Crippen molar-refractivity contribution in [3.05, 3.63) is 28.2 Å². The van der Waals surface area contributed by atoms with Gasteiger partial charge in [-0.25, -0.2) is 0 Å². The molecule has 1 amide bonds. The average molecular weight is 299 g/mol. The van der Waals surface area contributed by atoms with Crippen LogP contribution in [0.1, 0.15) is 12.5 Å². The molecule has 1 aromatic carbocycles. The molecule has 1 fully saturated rings. The number of piperazine rings is 1. The van der Waals surface area contributed by atoms with Crippen LogP contribution in [0, 0.1) is 0 Å². The van der Waals surface area contributed by atoms with E-state index in [1.165, 1.54) is 0 Å². The lowest BCUT2D eigenvalue weighted by atomic mass is 10.1. The first kappa shape index (κ1) is 12.4. The maximum Gasteiger partial charge on any atom is 0.242 e. The van der Waals surface area contributed by atoms with Gasteiger partial charge in [-0.2, -0.15) is 0 Å². The predicted molar refractivity (Wildman–Crippen MR) is 69.9 cm³/mol. The minimum absolute atomic E-state index is 0.0204. The van der Waals surface area contributed by atoms with Crippen molar-refractivity contribution in [3.63, 3.8) is 0 Å². The summed E-state index contributed by atoms with van der Waals surface area (Å²) in [6, 6.07) is 5.51. The maximum absolute atomic E-state index is 11.6. The number of anilines is 1. The monoisotopic (exact) mass is 298 g/mol. The van der Waals surface area contributed by atoms with Crippen LogP contribution in [-0.4, -0.2) is 30.1 Å². The summed E-state index contributed by atoms with van der Waals surface area (Å²) in [7, 11) is 0. The van der Waals surface area contributed by atoms with Crippen molar-refractivity contribution < 1.29 is 9.90 Å². The summed E-state index contributed by atoms with van der Waals surface area (Å²) in [5.74, 6) is 0.0279. The smallest absolute Gasteiger partial charge is 0.242 e. The molecule has 1 unspecified atom stereocenters. The maximum atomic E-state index is 11.6. The van der Waals surface area contributed by atoms with Crippen molar-refractivity contribution in [2.24, 2.45) is 0 Å². The largest absolute Gasteiger partial charge is 0.392 e. The molecule has 0 bridgehead atoms. The molecule has 4 nitrogen and oxygen atoms in total. The lowest BCUT2D eigenvalue weighted by Gasteiger charge is -2.35. The fourth-order valence-electron chi connectivity index (χ4n) is 2.05. The van der Waals surface area contributed by atoms with Crippen LogP contribution in [0.15, 0.2) is 22.7 Å². The molecule has 0 radical (unpaired) electrons. The van der Waals surface area contributed by atoms with Crippen LogP contribution in [0.25, 0.3) is 0 Å². The van der Waals surface area contributed by atoms with E-state index in [0.717, 1.165) is 22.3 Å². The fourth-order valence-corrected chi connectivity index (χ4v) is 2.40. The zero-order chi connectivity index (χ0) is 12.4. The number of nitrogens with zero attached hydrogens (tertiary/aromatic N) is 1. The molecule has 1 aliphatic rings. The van der Waals surface area contributed by atoms with Crippen LogP contribution in [0.3, 0.4) is 0 Å². The van der Waals surface area contributed by atoms with Gasteiger partial charge in [-0.15, -0.1) is 0 Å². The molecule has 2 rings (SSSR count). The first-order valence-corrected chi connectivity index (χ1v) is 6.36. The van der Waals surface area contributed by atoms with E-state index in [1.807, 2.05) is 30.0 Å². The molecule has 1 aromatic rings. The number of amides is 1. The van der Waals surface area contributed by atoms with Crippen molar-refractivity contribution in [1.29, 1.82) is 0 Å². The molecule has 0 saturated carbocycles. The van der Waals surface area contributed by atoms with Crippen LogP contribution in [0.4, 0.5) is 5.69 Å². The van der Waals surface area contributed by atoms with Gasteiger partial charge < -0.3 is 15.3 Å². The fraction of sp³-hybridized carbons (Fsp3) is 0.417. The third kappa shape index (κ3) is 2.45. The summed E-state index contributed by atoms with van der Waals surface area (Å²) in [4.78, 5) is 13.7. The van der Waals surface area contributed by atoms with Gasteiger partial charge in [-0.3, -0.25) is 4.79 Å². The molecule has 17 heavy (non-hydrogen) atoms. The number of aliphatic hydroxyl groups is 1. The second-order valence-electron chi connectivity index (χ2n) is 4.09. The number of carbonyl (C=O) groups is 1. The van der Waals surface area contributed by atoms with E-state index in [9.17, 15) is 9.90 Å². The molecule has 0 aromatic heterocycles. The van der Waals surface area contributed by atoms with Gasteiger partial charge >= 0.3 is 0 Å². The highest BCUT2D eigenvalue weighted by Gasteiger charge is 2.26. The Morgan fingerprint density at radius 3 is 3.06 bits per heavy atom. The number of hydrogen-bond donors (Lipinski definition) is 2. The van der Waals surface area contributed by atoms with Gasteiger partial charge in [0.05, 0.1) is 6.61 Å². The lowest BCUT2D eigenvalue weighted by Crippen LogP contribution is -2.54. The predicted octanol–water partition coefficient (Wildman–Crippen LogP) is 1.27. The van der Waals surface area contributed by atoms with Crippen molar-refractivity contribution in [3.8, 4) is 0 Å². The summed E-state index contributed by atoms with van der Waals surface area (Å²) >= 11 is 3.42. The van der Waals surface area contributed by atoms with E-state index in [2.05, 4.69) is 21.2 Å². The Labute approximate surface area is 109 Å². The number of aliphatic hydroxyl groups excluding tert-OH is 1. The van der Waals surface area contributed by atoms with E-state index in [1.54, 1.807) is 0 Å².